The van der Waals surface area contributed by atoms with Crippen molar-refractivity contribution >= 4 is 17.2 Å². The van der Waals surface area contributed by atoms with E-state index < -0.39 is 0 Å². The second kappa shape index (κ2) is 7.85. The lowest BCUT2D eigenvalue weighted by Crippen LogP contribution is -2.36. The molecule has 0 unspecified atom stereocenters. The Morgan fingerprint density at radius 2 is 2.00 bits per heavy atom. The highest BCUT2D eigenvalue weighted by molar-refractivity contribution is 7.09. The standard InChI is InChI=1S/C15H20N4OS/c1-3-19(4-2)10-14(20)17-9-15-18-13(11-21-15)12-5-7-16-8-6-12/h5-8,11H,3-4,9-10H2,1-2H3,(H,17,20). The highest BCUT2D eigenvalue weighted by Gasteiger charge is 2.09. The van der Waals surface area contributed by atoms with Gasteiger partial charge < -0.3 is 5.32 Å². The summed E-state index contributed by atoms with van der Waals surface area (Å²) < 4.78 is 0. The van der Waals surface area contributed by atoms with E-state index in [1.54, 1.807) is 23.7 Å². The fourth-order valence-electron chi connectivity index (χ4n) is 1.93. The lowest BCUT2D eigenvalue weighted by Gasteiger charge is -2.16. The number of aromatic nitrogens is 2. The SMILES string of the molecule is CCN(CC)CC(=O)NCc1nc(-c2ccncc2)cs1. The molecule has 0 aliphatic rings. The van der Waals surface area contributed by atoms with Crippen LogP contribution in [0.2, 0.25) is 0 Å². The molecule has 0 aliphatic carbocycles. The van der Waals surface area contributed by atoms with Crippen molar-refractivity contribution in [1.82, 2.24) is 20.2 Å². The van der Waals surface area contributed by atoms with Crippen molar-refractivity contribution in [2.24, 2.45) is 0 Å². The van der Waals surface area contributed by atoms with Crippen LogP contribution in [0.15, 0.2) is 29.9 Å². The molecule has 0 fully saturated rings. The molecule has 0 saturated heterocycles. The minimum atomic E-state index is 0.0411. The van der Waals surface area contributed by atoms with E-state index in [4.69, 9.17) is 0 Å². The van der Waals surface area contributed by atoms with E-state index in [9.17, 15) is 4.79 Å². The maximum Gasteiger partial charge on any atom is 0.234 e. The van der Waals surface area contributed by atoms with Crippen molar-refractivity contribution < 1.29 is 4.79 Å². The molecule has 2 aromatic rings. The van der Waals surface area contributed by atoms with Crippen LogP contribution in [0.1, 0.15) is 18.9 Å². The Hall–Kier alpha value is -1.79. The summed E-state index contributed by atoms with van der Waals surface area (Å²) in [5.41, 5.74) is 1.97. The number of nitrogens with one attached hydrogen (secondary N) is 1. The molecule has 5 nitrogen and oxygen atoms in total. The number of amides is 1. The first-order chi connectivity index (χ1) is 10.2. The predicted molar refractivity (Wildman–Crippen MR) is 85.0 cm³/mol. The average molecular weight is 304 g/mol. The molecular weight excluding hydrogens is 284 g/mol. The molecule has 0 bridgehead atoms. The van der Waals surface area contributed by atoms with Gasteiger partial charge in [0.2, 0.25) is 5.91 Å². The van der Waals surface area contributed by atoms with Gasteiger partial charge in [0.1, 0.15) is 5.01 Å². The number of hydrogen-bond donors (Lipinski definition) is 1. The predicted octanol–water partition coefficient (Wildman–Crippen LogP) is 2.16. The quantitative estimate of drug-likeness (QED) is 0.851. The summed E-state index contributed by atoms with van der Waals surface area (Å²) in [4.78, 5) is 22.4. The van der Waals surface area contributed by atoms with Crippen LogP contribution in [0.4, 0.5) is 0 Å². The normalized spacial score (nSPS) is 10.8. The maximum absolute atomic E-state index is 11.8. The van der Waals surface area contributed by atoms with E-state index in [1.165, 1.54) is 0 Å². The summed E-state index contributed by atoms with van der Waals surface area (Å²) in [6.45, 7) is 6.80. The number of nitrogens with zero attached hydrogens (tertiary/aromatic N) is 3. The van der Waals surface area contributed by atoms with Gasteiger partial charge in [0.15, 0.2) is 0 Å². The molecular formula is C15H20N4OS. The highest BCUT2D eigenvalue weighted by Crippen LogP contribution is 2.20. The zero-order chi connectivity index (χ0) is 15.1. The Balaban J connectivity index is 1.87. The third-order valence-corrected chi connectivity index (χ3v) is 4.08. The van der Waals surface area contributed by atoms with Gasteiger partial charge in [0.05, 0.1) is 18.8 Å². The van der Waals surface area contributed by atoms with Gasteiger partial charge >= 0.3 is 0 Å². The van der Waals surface area contributed by atoms with Gasteiger partial charge in [0.25, 0.3) is 0 Å². The minimum Gasteiger partial charge on any atom is -0.348 e. The highest BCUT2D eigenvalue weighted by atomic mass is 32.1. The zero-order valence-electron chi connectivity index (χ0n) is 12.4. The molecule has 1 N–H and O–H groups in total. The second-order valence-electron chi connectivity index (χ2n) is 4.60. The van der Waals surface area contributed by atoms with Crippen molar-refractivity contribution in [3.05, 3.63) is 34.9 Å². The first-order valence-corrected chi connectivity index (χ1v) is 7.94. The van der Waals surface area contributed by atoms with Gasteiger partial charge in [0, 0.05) is 23.3 Å². The monoisotopic (exact) mass is 304 g/mol. The third-order valence-electron chi connectivity index (χ3n) is 3.23. The first kappa shape index (κ1) is 15.6. The summed E-state index contributed by atoms with van der Waals surface area (Å²) in [6, 6.07) is 3.86. The molecule has 1 amide bonds. The molecule has 0 radical (unpaired) electrons. The Labute approximate surface area is 129 Å². The Morgan fingerprint density at radius 1 is 1.29 bits per heavy atom. The van der Waals surface area contributed by atoms with E-state index in [-0.39, 0.29) is 5.91 Å². The average Bonchev–Trinajstić information content (AvgIpc) is 3.00. The van der Waals surface area contributed by atoms with Crippen LogP contribution in [0.5, 0.6) is 0 Å². The molecule has 6 heteroatoms. The van der Waals surface area contributed by atoms with E-state index in [0.717, 1.165) is 29.4 Å². The summed E-state index contributed by atoms with van der Waals surface area (Å²) in [6.07, 6.45) is 3.50. The third kappa shape index (κ3) is 4.61. The van der Waals surface area contributed by atoms with Gasteiger partial charge in [-0.3, -0.25) is 14.7 Å². The number of carbonyl (C=O) groups is 1. The van der Waals surface area contributed by atoms with Crippen LogP contribution in [0.25, 0.3) is 11.3 Å². The number of pyridine rings is 1. The molecule has 0 spiro atoms. The van der Waals surface area contributed by atoms with Gasteiger partial charge in [-0.2, -0.15) is 0 Å². The molecule has 0 aromatic carbocycles. The topological polar surface area (TPSA) is 58.1 Å². The van der Waals surface area contributed by atoms with Crippen LogP contribution in [0.3, 0.4) is 0 Å². The number of thiazole rings is 1. The molecule has 0 saturated carbocycles. The zero-order valence-corrected chi connectivity index (χ0v) is 13.2. The van der Waals surface area contributed by atoms with Gasteiger partial charge in [-0.25, -0.2) is 4.98 Å². The molecule has 2 rings (SSSR count). The summed E-state index contributed by atoms with van der Waals surface area (Å²) in [7, 11) is 0. The molecule has 0 aliphatic heterocycles. The minimum absolute atomic E-state index is 0.0411. The van der Waals surface area contributed by atoms with Crippen molar-refractivity contribution in [2.75, 3.05) is 19.6 Å². The molecule has 112 valence electrons. The van der Waals surface area contributed by atoms with E-state index >= 15 is 0 Å². The maximum atomic E-state index is 11.8. The molecule has 2 heterocycles. The van der Waals surface area contributed by atoms with Crippen molar-refractivity contribution in [1.29, 1.82) is 0 Å². The van der Waals surface area contributed by atoms with Crippen LogP contribution < -0.4 is 5.32 Å². The van der Waals surface area contributed by atoms with Crippen molar-refractivity contribution in [3.63, 3.8) is 0 Å². The first-order valence-electron chi connectivity index (χ1n) is 7.06. The number of likely N-dealkylation sites (N-methyl/N-ethyl adjacent to an activating group) is 1. The Kier molecular flexibility index (Phi) is 5.83. The molecule has 2 aromatic heterocycles. The Bertz CT molecular complexity index is 566. The summed E-state index contributed by atoms with van der Waals surface area (Å²) in [5, 5.41) is 5.83. The second-order valence-corrected chi connectivity index (χ2v) is 5.54. The van der Waals surface area contributed by atoms with Crippen LogP contribution >= 0.6 is 11.3 Å². The lowest BCUT2D eigenvalue weighted by molar-refractivity contribution is -0.122. The molecule has 0 atom stereocenters. The lowest BCUT2D eigenvalue weighted by atomic mass is 10.2. The van der Waals surface area contributed by atoms with E-state index in [0.29, 0.717) is 13.1 Å². The number of hydrogen-bond acceptors (Lipinski definition) is 5. The largest absolute Gasteiger partial charge is 0.348 e. The number of carbonyl (C=O) groups excluding carboxylic acids is 1. The van der Waals surface area contributed by atoms with Crippen LogP contribution in [-0.4, -0.2) is 40.4 Å². The molecule has 21 heavy (non-hydrogen) atoms. The van der Waals surface area contributed by atoms with Gasteiger partial charge in [-0.1, -0.05) is 13.8 Å². The van der Waals surface area contributed by atoms with Crippen LogP contribution in [0, 0.1) is 0 Å². The summed E-state index contributed by atoms with van der Waals surface area (Å²) >= 11 is 1.56. The van der Waals surface area contributed by atoms with E-state index in [1.807, 2.05) is 17.5 Å². The summed E-state index contributed by atoms with van der Waals surface area (Å²) in [5.74, 6) is 0.0411. The number of rotatable bonds is 7. The van der Waals surface area contributed by atoms with Crippen molar-refractivity contribution in [3.8, 4) is 11.3 Å². The van der Waals surface area contributed by atoms with Crippen LogP contribution in [-0.2, 0) is 11.3 Å². The van der Waals surface area contributed by atoms with E-state index in [2.05, 4.69) is 34.0 Å². The van der Waals surface area contributed by atoms with Crippen molar-refractivity contribution in [2.45, 2.75) is 20.4 Å². The van der Waals surface area contributed by atoms with Gasteiger partial charge in [-0.05, 0) is 25.2 Å². The van der Waals surface area contributed by atoms with Gasteiger partial charge in [-0.15, -0.1) is 11.3 Å². The fourth-order valence-corrected chi connectivity index (χ4v) is 2.67. The Morgan fingerprint density at radius 3 is 2.67 bits per heavy atom. The smallest absolute Gasteiger partial charge is 0.234 e. The fraction of sp³-hybridized carbons (Fsp3) is 0.400.